The molecule has 3 aromatic rings. The summed E-state index contributed by atoms with van der Waals surface area (Å²) in [5.41, 5.74) is 4.50. The summed E-state index contributed by atoms with van der Waals surface area (Å²) in [6, 6.07) is 16.3. The van der Waals surface area contributed by atoms with E-state index in [1.807, 2.05) is 12.1 Å². The van der Waals surface area contributed by atoms with Gasteiger partial charge in [-0.2, -0.15) is 5.10 Å². The number of nitro benzene ring substituents is 1. The number of halogens is 2. The number of hydrazone groups is 1. The summed E-state index contributed by atoms with van der Waals surface area (Å²) >= 11 is 12.3. The second-order valence-electron chi connectivity index (χ2n) is 6.84. The number of hydrogen-bond donors (Lipinski definition) is 1. The minimum absolute atomic E-state index is 0.0247. The molecule has 0 heterocycles. The van der Waals surface area contributed by atoms with Crippen LogP contribution in [-0.4, -0.2) is 24.2 Å². The number of rotatable bonds is 9. The molecular formula is C23H19Cl2N3O5. The number of methoxy groups -OCH3 is 1. The van der Waals surface area contributed by atoms with Crippen molar-refractivity contribution in [3.63, 3.8) is 0 Å². The molecule has 0 unspecified atom stereocenters. The van der Waals surface area contributed by atoms with Gasteiger partial charge in [-0.3, -0.25) is 14.9 Å². The first-order chi connectivity index (χ1) is 15.9. The Kier molecular flexibility index (Phi) is 8.23. The van der Waals surface area contributed by atoms with Crippen LogP contribution in [0.25, 0.3) is 0 Å². The van der Waals surface area contributed by atoms with Gasteiger partial charge in [0.1, 0.15) is 6.61 Å². The van der Waals surface area contributed by atoms with E-state index in [4.69, 9.17) is 32.7 Å². The lowest BCUT2D eigenvalue weighted by Crippen LogP contribution is -2.19. The second kappa shape index (κ2) is 11.3. The van der Waals surface area contributed by atoms with E-state index in [1.54, 1.807) is 24.3 Å². The maximum Gasteiger partial charge on any atom is 0.269 e. The van der Waals surface area contributed by atoms with Crippen molar-refractivity contribution in [3.8, 4) is 11.5 Å². The predicted molar refractivity (Wildman–Crippen MR) is 126 cm³/mol. The van der Waals surface area contributed by atoms with Gasteiger partial charge in [-0.1, -0.05) is 47.5 Å². The maximum absolute atomic E-state index is 12.1. The minimum Gasteiger partial charge on any atom is -0.493 e. The molecule has 0 aliphatic carbocycles. The molecule has 170 valence electrons. The Hall–Kier alpha value is -3.62. The molecule has 1 N–H and O–H groups in total. The predicted octanol–water partition coefficient (Wildman–Crippen LogP) is 5.18. The van der Waals surface area contributed by atoms with Gasteiger partial charge in [-0.05, 0) is 41.0 Å². The Bertz CT molecular complexity index is 1170. The molecule has 0 radical (unpaired) electrons. The Morgan fingerprint density at radius 3 is 2.39 bits per heavy atom. The van der Waals surface area contributed by atoms with E-state index < -0.39 is 4.92 Å². The monoisotopic (exact) mass is 487 g/mol. The van der Waals surface area contributed by atoms with Crippen LogP contribution in [0.3, 0.4) is 0 Å². The average Bonchev–Trinajstić information content (AvgIpc) is 2.79. The minimum atomic E-state index is -0.498. The zero-order valence-electron chi connectivity index (χ0n) is 17.5. The van der Waals surface area contributed by atoms with Crippen LogP contribution in [0.5, 0.6) is 11.5 Å². The molecule has 0 aliphatic heterocycles. The summed E-state index contributed by atoms with van der Waals surface area (Å²) in [4.78, 5) is 22.3. The molecular weight excluding hydrogens is 469 g/mol. The number of nitrogens with one attached hydrogen (secondary N) is 1. The highest BCUT2D eigenvalue weighted by Crippen LogP contribution is 2.36. The van der Waals surface area contributed by atoms with E-state index in [2.05, 4.69) is 10.5 Å². The molecule has 1 amide bonds. The summed E-state index contributed by atoms with van der Waals surface area (Å²) in [6.45, 7) is 0.277. The summed E-state index contributed by atoms with van der Waals surface area (Å²) in [5, 5.41) is 15.6. The van der Waals surface area contributed by atoms with Gasteiger partial charge in [-0.25, -0.2) is 5.43 Å². The highest BCUT2D eigenvalue weighted by molar-refractivity contribution is 6.32. The van der Waals surface area contributed by atoms with Gasteiger partial charge < -0.3 is 9.47 Å². The lowest BCUT2D eigenvalue weighted by molar-refractivity contribution is -0.384. The van der Waals surface area contributed by atoms with Crippen LogP contribution in [0.2, 0.25) is 10.0 Å². The highest BCUT2D eigenvalue weighted by Gasteiger charge is 2.12. The number of amides is 1. The number of nitro groups is 1. The van der Waals surface area contributed by atoms with Crippen LogP contribution < -0.4 is 14.9 Å². The van der Waals surface area contributed by atoms with Crippen LogP contribution in [0.1, 0.15) is 16.7 Å². The van der Waals surface area contributed by atoms with Crippen molar-refractivity contribution in [2.24, 2.45) is 5.10 Å². The summed E-state index contributed by atoms with van der Waals surface area (Å²) in [6.07, 6.45) is 1.45. The fraction of sp³-hybridized carbons (Fsp3) is 0.130. The second-order valence-corrected chi connectivity index (χ2v) is 7.69. The van der Waals surface area contributed by atoms with Crippen molar-refractivity contribution in [2.75, 3.05) is 7.11 Å². The Balaban J connectivity index is 1.60. The fourth-order valence-electron chi connectivity index (χ4n) is 2.83. The number of ether oxygens (including phenoxy) is 2. The Morgan fingerprint density at radius 2 is 1.76 bits per heavy atom. The molecule has 8 nitrogen and oxygen atoms in total. The number of nitrogens with zero attached hydrogens (tertiary/aromatic N) is 2. The largest absolute Gasteiger partial charge is 0.493 e. The molecule has 0 saturated carbocycles. The molecule has 33 heavy (non-hydrogen) atoms. The van der Waals surface area contributed by atoms with Gasteiger partial charge in [0.2, 0.25) is 5.91 Å². The molecule has 0 bridgehead atoms. The van der Waals surface area contributed by atoms with Gasteiger partial charge in [0, 0.05) is 17.2 Å². The fourth-order valence-corrected chi connectivity index (χ4v) is 3.23. The highest BCUT2D eigenvalue weighted by atomic mass is 35.5. The van der Waals surface area contributed by atoms with E-state index >= 15 is 0 Å². The standard InChI is InChI=1S/C23H19Cl2N3O5/c1-32-21-11-17(10-20(25)23(21)33-14-16-2-6-18(24)7-3-16)13-26-27-22(29)12-15-4-8-19(9-5-15)28(30)31/h2-11,13H,12,14H2,1H3,(H,27,29). The van der Waals surface area contributed by atoms with Crippen LogP contribution in [0, 0.1) is 10.1 Å². The van der Waals surface area contributed by atoms with Crippen LogP contribution in [-0.2, 0) is 17.8 Å². The molecule has 0 saturated heterocycles. The van der Waals surface area contributed by atoms with E-state index in [0.29, 0.717) is 32.7 Å². The van der Waals surface area contributed by atoms with Gasteiger partial charge in [0.05, 0.1) is 29.7 Å². The lowest BCUT2D eigenvalue weighted by Gasteiger charge is -2.13. The van der Waals surface area contributed by atoms with E-state index in [1.165, 1.54) is 37.6 Å². The zero-order valence-corrected chi connectivity index (χ0v) is 19.0. The summed E-state index contributed by atoms with van der Waals surface area (Å²) in [5.74, 6) is 0.421. The number of hydrogen-bond acceptors (Lipinski definition) is 6. The maximum atomic E-state index is 12.1. The first-order valence-electron chi connectivity index (χ1n) is 9.65. The normalized spacial score (nSPS) is 10.8. The van der Waals surface area contributed by atoms with Gasteiger partial charge in [0.25, 0.3) is 5.69 Å². The van der Waals surface area contributed by atoms with E-state index in [-0.39, 0.29) is 24.6 Å². The third-order valence-corrected chi connectivity index (χ3v) is 5.00. The SMILES string of the molecule is COc1cc(C=NNC(=O)Cc2ccc([N+](=O)[O-])cc2)cc(Cl)c1OCc1ccc(Cl)cc1. The Labute approximate surface area is 199 Å². The molecule has 0 atom stereocenters. The van der Waals surface area contributed by atoms with Crippen molar-refractivity contribution in [3.05, 3.63) is 97.5 Å². The van der Waals surface area contributed by atoms with Crippen molar-refractivity contribution in [2.45, 2.75) is 13.0 Å². The number of carbonyl (C=O) groups is 1. The quantitative estimate of drug-likeness (QED) is 0.254. The first kappa shape index (κ1) is 24.0. The summed E-state index contributed by atoms with van der Waals surface area (Å²) in [7, 11) is 1.49. The van der Waals surface area contributed by atoms with E-state index in [0.717, 1.165) is 5.56 Å². The summed E-state index contributed by atoms with van der Waals surface area (Å²) < 4.78 is 11.2. The first-order valence-corrected chi connectivity index (χ1v) is 10.4. The molecule has 3 aromatic carbocycles. The van der Waals surface area contributed by atoms with Crippen molar-refractivity contribution in [1.82, 2.24) is 5.43 Å². The van der Waals surface area contributed by atoms with Gasteiger partial charge in [0.15, 0.2) is 11.5 Å². The molecule has 10 heteroatoms. The van der Waals surface area contributed by atoms with Gasteiger partial charge >= 0.3 is 0 Å². The smallest absolute Gasteiger partial charge is 0.269 e. The third-order valence-electron chi connectivity index (χ3n) is 4.46. The molecule has 0 spiro atoms. The topological polar surface area (TPSA) is 103 Å². The number of benzene rings is 3. The Morgan fingerprint density at radius 1 is 1.09 bits per heavy atom. The van der Waals surface area contributed by atoms with Crippen LogP contribution in [0.4, 0.5) is 5.69 Å². The van der Waals surface area contributed by atoms with E-state index in [9.17, 15) is 14.9 Å². The number of carbonyl (C=O) groups excluding carboxylic acids is 1. The molecule has 3 rings (SSSR count). The van der Waals surface area contributed by atoms with Crippen LogP contribution >= 0.6 is 23.2 Å². The zero-order chi connectivity index (χ0) is 23.8. The van der Waals surface area contributed by atoms with Crippen molar-refractivity contribution < 1.29 is 19.2 Å². The van der Waals surface area contributed by atoms with Crippen molar-refractivity contribution in [1.29, 1.82) is 0 Å². The third kappa shape index (κ3) is 6.93. The van der Waals surface area contributed by atoms with Gasteiger partial charge in [-0.15, -0.1) is 0 Å². The lowest BCUT2D eigenvalue weighted by atomic mass is 10.1. The molecule has 0 fully saturated rings. The number of non-ortho nitro benzene ring substituents is 1. The van der Waals surface area contributed by atoms with Crippen LogP contribution in [0.15, 0.2) is 65.8 Å². The molecule has 0 aromatic heterocycles. The van der Waals surface area contributed by atoms with Crippen molar-refractivity contribution >= 4 is 41.0 Å². The average molecular weight is 488 g/mol. The molecule has 0 aliphatic rings.